The van der Waals surface area contributed by atoms with E-state index in [2.05, 4.69) is 0 Å². The van der Waals surface area contributed by atoms with Crippen molar-refractivity contribution in [1.82, 2.24) is 0 Å². The molecule has 0 unspecified atom stereocenters. The number of non-ortho nitro benzene ring substituents is 1. The van der Waals surface area contributed by atoms with Crippen LogP contribution in [0.2, 0.25) is 0 Å². The van der Waals surface area contributed by atoms with Crippen molar-refractivity contribution < 1.29 is 14.5 Å². The number of rotatable bonds is 3. The highest BCUT2D eigenvalue weighted by atomic mass is 127. The number of nitro benzene ring substituents is 1. The zero-order valence-corrected chi connectivity index (χ0v) is 9.43. The van der Waals surface area contributed by atoms with Gasteiger partial charge in [0.2, 0.25) is 5.91 Å². The molecule has 0 bridgehead atoms. The van der Waals surface area contributed by atoms with Crippen molar-refractivity contribution in [3.8, 4) is 0 Å². The second kappa shape index (κ2) is 4.34. The van der Waals surface area contributed by atoms with Gasteiger partial charge in [0.15, 0.2) is 6.29 Å². The molecule has 0 radical (unpaired) electrons. The molecule has 0 aromatic heterocycles. The molecule has 0 aliphatic carbocycles. The zero-order chi connectivity index (χ0) is 11.6. The number of aldehydes is 1. The second-order valence-corrected chi connectivity index (χ2v) is 3.79. The molecule has 7 heteroatoms. The van der Waals surface area contributed by atoms with Crippen LogP contribution in [-0.2, 0) is 0 Å². The summed E-state index contributed by atoms with van der Waals surface area (Å²) in [6.45, 7) is 0. The number of nitrogens with two attached hydrogens (primary N) is 1. The third-order valence-electron chi connectivity index (χ3n) is 1.71. The Hall–Kier alpha value is -1.51. The van der Waals surface area contributed by atoms with Crippen LogP contribution in [0.3, 0.4) is 0 Å². The summed E-state index contributed by atoms with van der Waals surface area (Å²) >= 11 is 1.73. The number of primary amides is 1. The molecule has 0 saturated heterocycles. The Morgan fingerprint density at radius 2 is 2.13 bits per heavy atom. The van der Waals surface area contributed by atoms with E-state index in [-0.39, 0.29) is 16.8 Å². The Morgan fingerprint density at radius 3 is 2.53 bits per heavy atom. The average Bonchev–Trinajstić information content (AvgIpc) is 2.16. The number of benzene rings is 1. The number of amides is 1. The van der Waals surface area contributed by atoms with Gasteiger partial charge in [0.1, 0.15) is 0 Å². The number of carbonyl (C=O) groups excluding carboxylic acids is 2. The van der Waals surface area contributed by atoms with Crippen LogP contribution in [0.25, 0.3) is 0 Å². The number of halogens is 1. The standard InChI is InChI=1S/C8H5IN2O4/c9-7-2-4(11(14)15)1-5(8(10)13)6(7)3-12/h1-3H,(H2,10,13). The normalized spacial score (nSPS) is 9.67. The lowest BCUT2D eigenvalue weighted by Gasteiger charge is -2.02. The summed E-state index contributed by atoms with van der Waals surface area (Å²) in [5.41, 5.74) is 4.68. The minimum Gasteiger partial charge on any atom is -0.366 e. The summed E-state index contributed by atoms with van der Waals surface area (Å²) in [5, 5.41) is 10.5. The number of nitro groups is 1. The van der Waals surface area contributed by atoms with Gasteiger partial charge in [-0.25, -0.2) is 0 Å². The quantitative estimate of drug-likeness (QED) is 0.390. The molecule has 6 nitrogen and oxygen atoms in total. The lowest BCUT2D eigenvalue weighted by molar-refractivity contribution is -0.385. The van der Waals surface area contributed by atoms with Crippen molar-refractivity contribution in [3.63, 3.8) is 0 Å². The van der Waals surface area contributed by atoms with Gasteiger partial charge in [0.25, 0.3) is 5.69 Å². The maximum Gasteiger partial charge on any atom is 0.271 e. The Morgan fingerprint density at radius 1 is 1.53 bits per heavy atom. The molecule has 0 saturated carbocycles. The fourth-order valence-corrected chi connectivity index (χ4v) is 1.77. The lowest BCUT2D eigenvalue weighted by Crippen LogP contribution is -2.15. The van der Waals surface area contributed by atoms with Gasteiger partial charge in [-0.3, -0.25) is 19.7 Å². The highest BCUT2D eigenvalue weighted by Crippen LogP contribution is 2.22. The van der Waals surface area contributed by atoms with Crippen molar-refractivity contribution >= 4 is 40.5 Å². The van der Waals surface area contributed by atoms with Gasteiger partial charge in [0.05, 0.1) is 10.5 Å². The van der Waals surface area contributed by atoms with Crippen LogP contribution in [-0.4, -0.2) is 17.1 Å². The SMILES string of the molecule is NC(=O)c1cc([N+](=O)[O-])cc(I)c1C=O. The minimum absolute atomic E-state index is 0.0775. The molecule has 15 heavy (non-hydrogen) atoms. The molecule has 0 spiro atoms. The topological polar surface area (TPSA) is 103 Å². The third-order valence-corrected chi connectivity index (χ3v) is 2.60. The number of nitrogens with zero attached hydrogens (tertiary/aromatic N) is 1. The van der Waals surface area contributed by atoms with Crippen molar-refractivity contribution in [3.05, 3.63) is 36.9 Å². The zero-order valence-electron chi connectivity index (χ0n) is 7.27. The van der Waals surface area contributed by atoms with Crippen LogP contribution in [0.5, 0.6) is 0 Å². The van der Waals surface area contributed by atoms with Crippen molar-refractivity contribution in [1.29, 1.82) is 0 Å². The van der Waals surface area contributed by atoms with Crippen LogP contribution in [0.4, 0.5) is 5.69 Å². The Kier molecular flexibility index (Phi) is 3.35. The van der Waals surface area contributed by atoms with Gasteiger partial charge in [-0.1, -0.05) is 0 Å². The van der Waals surface area contributed by atoms with Gasteiger partial charge in [-0.05, 0) is 22.6 Å². The van der Waals surface area contributed by atoms with Gasteiger partial charge in [0, 0.05) is 21.3 Å². The summed E-state index contributed by atoms with van der Waals surface area (Å²) in [7, 11) is 0. The van der Waals surface area contributed by atoms with Crippen LogP contribution in [0, 0.1) is 13.7 Å². The summed E-state index contributed by atoms with van der Waals surface area (Å²) < 4.78 is 0.325. The van der Waals surface area contributed by atoms with Gasteiger partial charge < -0.3 is 5.73 Å². The van der Waals surface area contributed by atoms with E-state index >= 15 is 0 Å². The summed E-state index contributed by atoms with van der Waals surface area (Å²) in [6, 6.07) is 2.20. The van der Waals surface area contributed by atoms with Crippen molar-refractivity contribution in [2.45, 2.75) is 0 Å². The van der Waals surface area contributed by atoms with Gasteiger partial charge >= 0.3 is 0 Å². The number of carbonyl (C=O) groups is 2. The van der Waals surface area contributed by atoms with Crippen LogP contribution in [0.15, 0.2) is 12.1 Å². The molecule has 0 heterocycles. The van der Waals surface area contributed by atoms with E-state index in [1.165, 1.54) is 6.07 Å². The van der Waals surface area contributed by atoms with Crippen molar-refractivity contribution in [2.24, 2.45) is 5.73 Å². The van der Waals surface area contributed by atoms with E-state index in [1.54, 1.807) is 22.6 Å². The maximum atomic E-state index is 10.9. The molecular weight excluding hydrogens is 315 g/mol. The fraction of sp³-hybridized carbons (Fsp3) is 0. The minimum atomic E-state index is -0.862. The highest BCUT2D eigenvalue weighted by molar-refractivity contribution is 14.1. The van der Waals surface area contributed by atoms with E-state index in [4.69, 9.17) is 5.73 Å². The summed E-state index contributed by atoms with van der Waals surface area (Å²) in [4.78, 5) is 31.4. The summed E-state index contributed by atoms with van der Waals surface area (Å²) in [5.74, 6) is -0.862. The first-order chi connectivity index (χ1) is 6.97. The molecule has 1 aromatic rings. The highest BCUT2D eigenvalue weighted by Gasteiger charge is 2.17. The van der Waals surface area contributed by atoms with Gasteiger partial charge in [-0.15, -0.1) is 0 Å². The van der Waals surface area contributed by atoms with Crippen LogP contribution < -0.4 is 5.73 Å². The van der Waals surface area contributed by atoms with Gasteiger partial charge in [-0.2, -0.15) is 0 Å². The van der Waals surface area contributed by atoms with E-state index in [1.807, 2.05) is 0 Å². The fourth-order valence-electron chi connectivity index (χ4n) is 1.03. The average molecular weight is 320 g/mol. The Labute approximate surface area is 97.7 Å². The number of hydrogen-bond acceptors (Lipinski definition) is 4. The molecule has 0 fully saturated rings. The first-order valence-electron chi connectivity index (χ1n) is 3.70. The third kappa shape index (κ3) is 2.29. The molecule has 1 amide bonds. The van der Waals surface area contributed by atoms with E-state index in [0.717, 1.165) is 6.07 Å². The molecular formula is C8H5IN2O4. The smallest absolute Gasteiger partial charge is 0.271 e. The first kappa shape index (κ1) is 11.6. The molecule has 1 rings (SSSR count). The number of hydrogen-bond donors (Lipinski definition) is 1. The van der Waals surface area contributed by atoms with Crippen molar-refractivity contribution in [2.75, 3.05) is 0 Å². The van der Waals surface area contributed by atoms with E-state index < -0.39 is 10.8 Å². The molecule has 2 N–H and O–H groups in total. The molecule has 1 aromatic carbocycles. The first-order valence-corrected chi connectivity index (χ1v) is 4.78. The van der Waals surface area contributed by atoms with Crippen LogP contribution >= 0.6 is 22.6 Å². The predicted octanol–water partition coefficient (Wildman–Crippen LogP) is 1.11. The Bertz CT molecular complexity index is 458. The van der Waals surface area contributed by atoms with Crippen LogP contribution in [0.1, 0.15) is 20.7 Å². The maximum absolute atomic E-state index is 10.9. The van der Waals surface area contributed by atoms with E-state index in [9.17, 15) is 19.7 Å². The lowest BCUT2D eigenvalue weighted by atomic mass is 10.1. The predicted molar refractivity (Wildman–Crippen MR) is 59.7 cm³/mol. The Balaban J connectivity index is 3.52. The molecule has 0 aliphatic rings. The summed E-state index contributed by atoms with van der Waals surface area (Å²) in [6.07, 6.45) is 0.450. The molecule has 78 valence electrons. The molecule has 0 atom stereocenters. The second-order valence-electron chi connectivity index (χ2n) is 2.63. The largest absolute Gasteiger partial charge is 0.366 e. The molecule has 0 aliphatic heterocycles. The van der Waals surface area contributed by atoms with E-state index in [0.29, 0.717) is 9.86 Å². The monoisotopic (exact) mass is 320 g/mol.